The summed E-state index contributed by atoms with van der Waals surface area (Å²) in [6.45, 7) is 10.8. The second-order valence-corrected chi connectivity index (χ2v) is 4.59. The lowest BCUT2D eigenvalue weighted by atomic mass is 10.2. The summed E-state index contributed by atoms with van der Waals surface area (Å²) in [7, 11) is 3.56. The van der Waals surface area contributed by atoms with Crippen molar-refractivity contribution in [1.29, 1.82) is 0 Å². The van der Waals surface area contributed by atoms with E-state index in [9.17, 15) is 5.11 Å². The average molecular weight is 230 g/mol. The van der Waals surface area contributed by atoms with Crippen LogP contribution < -0.4 is 5.32 Å². The van der Waals surface area contributed by atoms with Crippen LogP contribution in [0.2, 0.25) is 0 Å². The quantitative estimate of drug-likeness (QED) is 0.566. The van der Waals surface area contributed by atoms with Crippen molar-refractivity contribution in [1.82, 2.24) is 10.2 Å². The summed E-state index contributed by atoms with van der Waals surface area (Å²) in [6.07, 6.45) is -0.430. The molecule has 16 heavy (non-hydrogen) atoms. The molecule has 4 nitrogen and oxygen atoms in total. The molecule has 0 aliphatic rings. The third-order valence-corrected chi connectivity index (χ3v) is 2.14. The van der Waals surface area contributed by atoms with E-state index in [2.05, 4.69) is 25.7 Å². The predicted molar refractivity (Wildman–Crippen MR) is 67.7 cm³/mol. The minimum Gasteiger partial charge on any atom is -0.389 e. The summed E-state index contributed by atoms with van der Waals surface area (Å²) in [5.41, 5.74) is 1.13. The number of rotatable bonds is 9. The maximum absolute atomic E-state index is 9.54. The molecule has 0 bridgehead atoms. The molecule has 2 N–H and O–H groups in total. The van der Waals surface area contributed by atoms with Gasteiger partial charge in [0, 0.05) is 32.8 Å². The number of aliphatic hydroxyl groups is 1. The Kier molecular flexibility index (Phi) is 8.47. The first kappa shape index (κ1) is 15.6. The number of ether oxygens (including phenoxy) is 1. The summed E-state index contributed by atoms with van der Waals surface area (Å²) < 4.78 is 4.88. The van der Waals surface area contributed by atoms with Crippen molar-refractivity contribution in [2.75, 3.05) is 40.4 Å². The molecule has 1 unspecified atom stereocenters. The van der Waals surface area contributed by atoms with Crippen LogP contribution in [0.3, 0.4) is 0 Å². The van der Waals surface area contributed by atoms with Crippen LogP contribution in [-0.4, -0.2) is 62.6 Å². The van der Waals surface area contributed by atoms with Gasteiger partial charge in [0.15, 0.2) is 0 Å². The van der Waals surface area contributed by atoms with Gasteiger partial charge in [-0.15, -0.1) is 0 Å². The molecule has 1 atom stereocenters. The number of nitrogens with one attached hydrogen (secondary N) is 1. The second kappa shape index (κ2) is 8.70. The van der Waals surface area contributed by atoms with Crippen molar-refractivity contribution in [3.8, 4) is 0 Å². The minimum atomic E-state index is -0.430. The van der Waals surface area contributed by atoms with Gasteiger partial charge in [0.25, 0.3) is 0 Å². The zero-order chi connectivity index (χ0) is 12.6. The fourth-order valence-corrected chi connectivity index (χ4v) is 1.46. The highest BCUT2D eigenvalue weighted by molar-refractivity contribution is 4.99. The predicted octanol–water partition coefficient (Wildman–Crippen LogP) is 0.480. The van der Waals surface area contributed by atoms with E-state index in [0.29, 0.717) is 19.2 Å². The number of hydrogen-bond donors (Lipinski definition) is 2. The fourth-order valence-electron chi connectivity index (χ4n) is 1.46. The second-order valence-electron chi connectivity index (χ2n) is 4.59. The molecule has 0 saturated heterocycles. The lowest BCUT2D eigenvalue weighted by Crippen LogP contribution is -2.35. The highest BCUT2D eigenvalue weighted by Gasteiger charge is 2.08. The largest absolute Gasteiger partial charge is 0.389 e. The van der Waals surface area contributed by atoms with Crippen LogP contribution in [0.25, 0.3) is 0 Å². The smallest absolute Gasteiger partial charge is 0.0900 e. The van der Waals surface area contributed by atoms with Crippen LogP contribution in [0.15, 0.2) is 12.2 Å². The molecule has 0 aliphatic carbocycles. The van der Waals surface area contributed by atoms with Crippen molar-refractivity contribution in [2.45, 2.75) is 26.0 Å². The highest BCUT2D eigenvalue weighted by atomic mass is 16.5. The van der Waals surface area contributed by atoms with Gasteiger partial charge >= 0.3 is 0 Å². The SMILES string of the molecule is C=C(CNC(C)C)CN(C)CC(O)COC. The van der Waals surface area contributed by atoms with E-state index in [4.69, 9.17) is 4.74 Å². The van der Waals surface area contributed by atoms with Crippen molar-refractivity contribution >= 4 is 0 Å². The molecule has 96 valence electrons. The third-order valence-electron chi connectivity index (χ3n) is 2.14. The average Bonchev–Trinajstić information content (AvgIpc) is 2.14. The first-order valence-corrected chi connectivity index (χ1v) is 5.71. The van der Waals surface area contributed by atoms with Gasteiger partial charge in [0.1, 0.15) is 0 Å². The highest BCUT2D eigenvalue weighted by Crippen LogP contribution is 1.96. The Balaban J connectivity index is 3.69. The van der Waals surface area contributed by atoms with Crippen molar-refractivity contribution in [3.63, 3.8) is 0 Å². The van der Waals surface area contributed by atoms with Crippen molar-refractivity contribution in [3.05, 3.63) is 12.2 Å². The molecule has 0 radical (unpaired) electrons. The first-order chi connectivity index (χ1) is 7.45. The maximum Gasteiger partial charge on any atom is 0.0900 e. The van der Waals surface area contributed by atoms with E-state index in [0.717, 1.165) is 18.7 Å². The Morgan fingerprint density at radius 2 is 2.12 bits per heavy atom. The Bertz CT molecular complexity index is 195. The van der Waals surface area contributed by atoms with Crippen LogP contribution in [-0.2, 0) is 4.74 Å². The van der Waals surface area contributed by atoms with Gasteiger partial charge in [-0.25, -0.2) is 0 Å². The molecule has 0 fully saturated rings. The molecule has 0 aromatic rings. The zero-order valence-electron chi connectivity index (χ0n) is 11.0. The summed E-state index contributed by atoms with van der Waals surface area (Å²) in [6, 6.07) is 0.473. The summed E-state index contributed by atoms with van der Waals surface area (Å²) in [5.74, 6) is 0. The standard InChI is InChI=1S/C12H26N2O2/c1-10(2)13-6-11(3)7-14(4)8-12(15)9-16-5/h10,12-13,15H,3,6-9H2,1-2,4-5H3. The van der Waals surface area contributed by atoms with Crippen LogP contribution in [0.1, 0.15) is 13.8 Å². The number of likely N-dealkylation sites (N-methyl/N-ethyl adjacent to an activating group) is 1. The van der Waals surface area contributed by atoms with Crippen molar-refractivity contribution < 1.29 is 9.84 Å². The van der Waals surface area contributed by atoms with Crippen LogP contribution in [0.5, 0.6) is 0 Å². The van der Waals surface area contributed by atoms with E-state index >= 15 is 0 Å². The minimum absolute atomic E-state index is 0.376. The monoisotopic (exact) mass is 230 g/mol. The van der Waals surface area contributed by atoms with E-state index in [1.165, 1.54) is 0 Å². The van der Waals surface area contributed by atoms with Gasteiger partial charge in [0.05, 0.1) is 12.7 Å². The summed E-state index contributed by atoms with van der Waals surface area (Å²) in [4.78, 5) is 2.05. The van der Waals surface area contributed by atoms with Gasteiger partial charge < -0.3 is 15.2 Å². The molecule has 0 rings (SSSR count). The molecule has 0 amide bonds. The Labute approximate surface area is 99.3 Å². The van der Waals surface area contributed by atoms with Crippen LogP contribution >= 0.6 is 0 Å². The third kappa shape index (κ3) is 8.85. The number of nitrogens with zero attached hydrogens (tertiary/aromatic N) is 1. The van der Waals surface area contributed by atoms with Gasteiger partial charge in [-0.2, -0.15) is 0 Å². The lowest BCUT2D eigenvalue weighted by Gasteiger charge is -2.21. The van der Waals surface area contributed by atoms with Crippen molar-refractivity contribution in [2.24, 2.45) is 0 Å². The number of methoxy groups -OCH3 is 1. The zero-order valence-corrected chi connectivity index (χ0v) is 11.0. The van der Waals surface area contributed by atoms with E-state index < -0.39 is 6.10 Å². The topological polar surface area (TPSA) is 44.7 Å². The van der Waals surface area contributed by atoms with Gasteiger partial charge in [-0.05, 0) is 12.6 Å². The van der Waals surface area contributed by atoms with Gasteiger partial charge in [-0.1, -0.05) is 20.4 Å². The summed E-state index contributed by atoms with van der Waals surface area (Å²) >= 11 is 0. The van der Waals surface area contributed by atoms with Gasteiger partial charge in [0.2, 0.25) is 0 Å². The molecule has 0 aliphatic heterocycles. The normalized spacial score (nSPS) is 13.4. The molecular formula is C12H26N2O2. The van der Waals surface area contributed by atoms with Gasteiger partial charge in [-0.3, -0.25) is 4.90 Å². The Hall–Kier alpha value is -0.420. The first-order valence-electron chi connectivity index (χ1n) is 5.71. The Morgan fingerprint density at radius 1 is 1.50 bits per heavy atom. The number of aliphatic hydroxyl groups excluding tert-OH is 1. The van der Waals surface area contributed by atoms with E-state index in [-0.39, 0.29) is 0 Å². The number of hydrogen-bond acceptors (Lipinski definition) is 4. The van der Waals surface area contributed by atoms with Crippen LogP contribution in [0.4, 0.5) is 0 Å². The maximum atomic E-state index is 9.54. The molecule has 4 heteroatoms. The van der Waals surface area contributed by atoms with E-state index in [1.54, 1.807) is 7.11 Å². The molecule has 0 saturated carbocycles. The van der Waals surface area contributed by atoms with Crippen LogP contribution in [0, 0.1) is 0 Å². The molecular weight excluding hydrogens is 204 g/mol. The molecule has 0 aromatic heterocycles. The van der Waals surface area contributed by atoms with E-state index in [1.807, 2.05) is 11.9 Å². The molecule has 0 heterocycles. The fraction of sp³-hybridized carbons (Fsp3) is 0.833. The molecule has 0 spiro atoms. The Morgan fingerprint density at radius 3 is 2.62 bits per heavy atom. The summed E-state index contributed by atoms with van der Waals surface area (Å²) in [5, 5.41) is 12.9. The molecule has 0 aromatic carbocycles. The lowest BCUT2D eigenvalue weighted by molar-refractivity contribution is 0.0449.